The Hall–Kier alpha value is -2.83. The zero-order valence-electron chi connectivity index (χ0n) is 13.8. The molecule has 3 aromatic heterocycles. The van der Waals surface area contributed by atoms with Crippen LogP contribution < -0.4 is 0 Å². The van der Waals surface area contributed by atoms with E-state index in [1.54, 1.807) is 24.7 Å². The summed E-state index contributed by atoms with van der Waals surface area (Å²) in [5.41, 5.74) is 0.816. The van der Waals surface area contributed by atoms with Gasteiger partial charge in [0.15, 0.2) is 0 Å². The van der Waals surface area contributed by atoms with Crippen molar-refractivity contribution in [2.24, 2.45) is 0 Å². The van der Waals surface area contributed by atoms with E-state index in [-0.39, 0.29) is 0 Å². The zero-order chi connectivity index (χ0) is 17.8. The molecule has 0 aliphatic heterocycles. The Morgan fingerprint density at radius 2 is 1.62 bits per heavy atom. The minimum atomic E-state index is 0.467. The van der Waals surface area contributed by atoms with Crippen LogP contribution in [0.4, 0.5) is 0 Å². The summed E-state index contributed by atoms with van der Waals surface area (Å²) < 4.78 is 16.3. The van der Waals surface area contributed by atoms with Crippen LogP contribution in [0.3, 0.4) is 0 Å². The van der Waals surface area contributed by atoms with Crippen LogP contribution >= 0.6 is 11.6 Å². The van der Waals surface area contributed by atoms with Crippen LogP contribution in [0.25, 0.3) is 11.4 Å². The van der Waals surface area contributed by atoms with E-state index < -0.39 is 0 Å². The molecule has 0 unspecified atom stereocenters. The third kappa shape index (κ3) is 4.04. The molecule has 26 heavy (non-hydrogen) atoms. The Bertz CT molecular complexity index is 912. The van der Waals surface area contributed by atoms with Gasteiger partial charge in [0.05, 0.1) is 32.2 Å². The van der Waals surface area contributed by atoms with Gasteiger partial charge in [-0.2, -0.15) is 4.98 Å². The number of benzene rings is 1. The van der Waals surface area contributed by atoms with Crippen molar-refractivity contribution in [1.29, 1.82) is 0 Å². The molecule has 0 aliphatic carbocycles. The third-order valence-electron chi connectivity index (χ3n) is 3.83. The summed E-state index contributed by atoms with van der Waals surface area (Å²) in [7, 11) is 0. The van der Waals surface area contributed by atoms with Gasteiger partial charge in [0, 0.05) is 10.6 Å². The Balaban J connectivity index is 1.51. The van der Waals surface area contributed by atoms with Gasteiger partial charge < -0.3 is 13.4 Å². The highest BCUT2D eigenvalue weighted by atomic mass is 35.5. The van der Waals surface area contributed by atoms with Crippen molar-refractivity contribution in [2.75, 3.05) is 0 Å². The number of hydrogen-bond acceptors (Lipinski definition) is 6. The molecule has 6 nitrogen and oxygen atoms in total. The summed E-state index contributed by atoms with van der Waals surface area (Å²) in [5.74, 6) is 2.73. The highest BCUT2D eigenvalue weighted by molar-refractivity contribution is 6.30. The van der Waals surface area contributed by atoms with Crippen LogP contribution in [0.5, 0.6) is 0 Å². The summed E-state index contributed by atoms with van der Waals surface area (Å²) >= 11 is 6.03. The molecular formula is C19H16ClN3O3. The molecule has 4 rings (SSSR count). The van der Waals surface area contributed by atoms with Crippen molar-refractivity contribution in [1.82, 2.24) is 15.0 Å². The lowest BCUT2D eigenvalue weighted by atomic mass is 10.2. The van der Waals surface area contributed by atoms with Gasteiger partial charge in [-0.15, -0.1) is 0 Å². The first-order chi connectivity index (χ1) is 12.8. The van der Waals surface area contributed by atoms with Crippen LogP contribution in [0.1, 0.15) is 17.4 Å². The molecule has 7 heteroatoms. The predicted molar refractivity (Wildman–Crippen MR) is 95.1 cm³/mol. The Morgan fingerprint density at radius 3 is 2.23 bits per heavy atom. The van der Waals surface area contributed by atoms with Crippen molar-refractivity contribution in [3.05, 3.63) is 83.5 Å². The quantitative estimate of drug-likeness (QED) is 0.467. The molecule has 0 radical (unpaired) electrons. The third-order valence-corrected chi connectivity index (χ3v) is 4.06. The summed E-state index contributed by atoms with van der Waals surface area (Å²) in [6.07, 6.45) is 3.31. The van der Waals surface area contributed by atoms with Crippen LogP contribution in [-0.4, -0.2) is 15.0 Å². The molecule has 0 saturated heterocycles. The number of rotatable bonds is 7. The second-order valence-electron chi connectivity index (χ2n) is 5.83. The SMILES string of the molecule is Clc1cccc(-c2noc(CN(Cc3ccco3)Cc3ccco3)n2)c1. The van der Waals surface area contributed by atoms with Gasteiger partial charge in [-0.1, -0.05) is 28.9 Å². The van der Waals surface area contributed by atoms with E-state index >= 15 is 0 Å². The van der Waals surface area contributed by atoms with Crippen molar-refractivity contribution in [3.63, 3.8) is 0 Å². The summed E-state index contributed by atoms with van der Waals surface area (Å²) in [6.45, 7) is 1.67. The largest absolute Gasteiger partial charge is 0.468 e. The highest BCUT2D eigenvalue weighted by Gasteiger charge is 2.16. The van der Waals surface area contributed by atoms with Gasteiger partial charge in [0.2, 0.25) is 11.7 Å². The fourth-order valence-corrected chi connectivity index (χ4v) is 2.86. The Labute approximate surface area is 155 Å². The fraction of sp³-hybridized carbons (Fsp3) is 0.158. The minimum Gasteiger partial charge on any atom is -0.468 e. The lowest BCUT2D eigenvalue weighted by Gasteiger charge is -2.17. The van der Waals surface area contributed by atoms with E-state index in [1.165, 1.54) is 0 Å². The van der Waals surface area contributed by atoms with Gasteiger partial charge in [-0.05, 0) is 36.4 Å². The van der Waals surface area contributed by atoms with E-state index in [9.17, 15) is 0 Å². The van der Waals surface area contributed by atoms with Gasteiger partial charge in [-0.3, -0.25) is 4.90 Å². The molecule has 132 valence electrons. The summed E-state index contributed by atoms with van der Waals surface area (Å²) in [4.78, 5) is 6.58. The lowest BCUT2D eigenvalue weighted by molar-refractivity contribution is 0.183. The molecule has 0 N–H and O–H groups in total. The summed E-state index contributed by atoms with van der Waals surface area (Å²) in [5, 5.41) is 4.69. The molecule has 0 saturated carbocycles. The minimum absolute atomic E-state index is 0.467. The summed E-state index contributed by atoms with van der Waals surface area (Å²) in [6, 6.07) is 15.0. The van der Waals surface area contributed by atoms with Gasteiger partial charge in [0.1, 0.15) is 11.5 Å². The topological polar surface area (TPSA) is 68.4 Å². The van der Waals surface area contributed by atoms with E-state index in [0.717, 1.165) is 17.1 Å². The van der Waals surface area contributed by atoms with Crippen LogP contribution in [0.15, 0.2) is 74.4 Å². The average Bonchev–Trinajstić information content (AvgIpc) is 3.37. The maximum atomic E-state index is 6.03. The smallest absolute Gasteiger partial charge is 0.241 e. The van der Waals surface area contributed by atoms with E-state index in [1.807, 2.05) is 36.4 Å². The number of aromatic nitrogens is 2. The van der Waals surface area contributed by atoms with Crippen LogP contribution in [0, 0.1) is 0 Å². The van der Waals surface area contributed by atoms with Crippen molar-refractivity contribution < 1.29 is 13.4 Å². The standard InChI is InChI=1S/C19H16ClN3O3/c20-15-5-1-4-14(10-15)19-21-18(26-22-19)13-23(11-16-6-2-8-24-16)12-17-7-3-9-25-17/h1-10H,11-13H2. The predicted octanol–water partition coefficient (Wildman–Crippen LogP) is 4.78. The fourth-order valence-electron chi connectivity index (χ4n) is 2.67. The Kier molecular flexibility index (Phi) is 4.86. The molecule has 4 aromatic rings. The molecule has 1 aromatic carbocycles. The highest BCUT2D eigenvalue weighted by Crippen LogP contribution is 2.21. The Morgan fingerprint density at radius 1 is 0.885 bits per heavy atom. The maximum Gasteiger partial charge on any atom is 0.241 e. The molecule has 0 aliphatic rings. The van der Waals surface area contributed by atoms with Gasteiger partial charge in [0.25, 0.3) is 0 Å². The molecule has 3 heterocycles. The van der Waals surface area contributed by atoms with Gasteiger partial charge >= 0.3 is 0 Å². The number of furan rings is 2. The van der Waals surface area contributed by atoms with E-state index in [2.05, 4.69) is 15.0 Å². The molecule has 0 spiro atoms. The van der Waals surface area contributed by atoms with Crippen molar-refractivity contribution in [2.45, 2.75) is 19.6 Å². The number of hydrogen-bond donors (Lipinski definition) is 0. The normalized spacial score (nSPS) is 11.3. The van der Waals surface area contributed by atoms with Crippen molar-refractivity contribution >= 4 is 11.6 Å². The van der Waals surface area contributed by atoms with E-state index in [4.69, 9.17) is 25.0 Å². The number of nitrogens with zero attached hydrogens (tertiary/aromatic N) is 3. The number of halogens is 1. The lowest BCUT2D eigenvalue weighted by Crippen LogP contribution is -2.22. The first kappa shape index (κ1) is 16.6. The second kappa shape index (κ2) is 7.59. The second-order valence-corrected chi connectivity index (χ2v) is 6.26. The monoisotopic (exact) mass is 369 g/mol. The molecule has 0 amide bonds. The first-order valence-corrected chi connectivity index (χ1v) is 8.50. The average molecular weight is 370 g/mol. The van der Waals surface area contributed by atoms with E-state index in [0.29, 0.717) is 36.4 Å². The molecular weight excluding hydrogens is 354 g/mol. The maximum absolute atomic E-state index is 6.03. The molecule has 0 bridgehead atoms. The molecule has 0 fully saturated rings. The van der Waals surface area contributed by atoms with Gasteiger partial charge in [-0.25, -0.2) is 0 Å². The first-order valence-electron chi connectivity index (χ1n) is 8.12. The van der Waals surface area contributed by atoms with Crippen LogP contribution in [-0.2, 0) is 19.6 Å². The van der Waals surface area contributed by atoms with Crippen LogP contribution in [0.2, 0.25) is 5.02 Å². The molecule has 0 atom stereocenters. The van der Waals surface area contributed by atoms with Crippen molar-refractivity contribution in [3.8, 4) is 11.4 Å². The zero-order valence-corrected chi connectivity index (χ0v) is 14.6.